The third-order valence-electron chi connectivity index (χ3n) is 2.90. The third kappa shape index (κ3) is 2.58. The molecule has 0 bridgehead atoms. The molecule has 0 aromatic carbocycles. The lowest BCUT2D eigenvalue weighted by atomic mass is 9.87. The number of hydrogen-bond donors (Lipinski definition) is 1. The number of carboxylic acids is 1. The van der Waals surface area contributed by atoms with Gasteiger partial charge in [0.2, 0.25) is 5.89 Å². The van der Waals surface area contributed by atoms with Gasteiger partial charge in [0, 0.05) is 5.92 Å². The Morgan fingerprint density at radius 1 is 1.47 bits per heavy atom. The first-order valence-corrected chi connectivity index (χ1v) is 5.42. The van der Waals surface area contributed by atoms with Crippen molar-refractivity contribution in [2.24, 2.45) is 0 Å². The first-order valence-electron chi connectivity index (χ1n) is 5.42. The van der Waals surface area contributed by atoms with E-state index < -0.39 is 5.97 Å². The zero-order valence-electron chi connectivity index (χ0n) is 8.61. The monoisotopic (exact) mass is 209 g/mol. The highest BCUT2D eigenvalue weighted by Gasteiger charge is 2.19. The van der Waals surface area contributed by atoms with Gasteiger partial charge in [-0.1, -0.05) is 19.3 Å². The highest BCUT2D eigenvalue weighted by Crippen LogP contribution is 2.31. The van der Waals surface area contributed by atoms with Gasteiger partial charge in [-0.15, -0.1) is 0 Å². The van der Waals surface area contributed by atoms with Crippen LogP contribution < -0.4 is 0 Å². The summed E-state index contributed by atoms with van der Waals surface area (Å²) in [6.07, 6.45) is 7.59. The number of carbonyl (C=O) groups is 1. The second kappa shape index (κ2) is 4.47. The Labute approximate surface area is 88.3 Å². The van der Waals surface area contributed by atoms with E-state index in [-0.39, 0.29) is 6.42 Å². The van der Waals surface area contributed by atoms with Crippen LogP contribution in [0.1, 0.15) is 49.6 Å². The minimum absolute atomic E-state index is 0.118. The molecule has 1 fully saturated rings. The minimum atomic E-state index is -0.896. The lowest BCUT2D eigenvalue weighted by Crippen LogP contribution is -2.05. The highest BCUT2D eigenvalue weighted by atomic mass is 16.4. The molecule has 1 saturated carbocycles. The minimum Gasteiger partial charge on any atom is -0.481 e. The Morgan fingerprint density at radius 2 is 2.20 bits per heavy atom. The van der Waals surface area contributed by atoms with Crippen molar-refractivity contribution in [2.75, 3.05) is 0 Å². The summed E-state index contributed by atoms with van der Waals surface area (Å²) in [6.45, 7) is 0. The average Bonchev–Trinajstić information content (AvgIpc) is 2.67. The molecule has 0 aliphatic heterocycles. The highest BCUT2D eigenvalue weighted by molar-refractivity contribution is 5.68. The van der Waals surface area contributed by atoms with Gasteiger partial charge in [-0.3, -0.25) is 4.79 Å². The fourth-order valence-corrected chi connectivity index (χ4v) is 2.12. The summed E-state index contributed by atoms with van der Waals surface area (Å²) in [5.74, 6) is -0.0971. The van der Waals surface area contributed by atoms with Gasteiger partial charge in [0.1, 0.15) is 12.7 Å². The van der Waals surface area contributed by atoms with E-state index in [1.807, 2.05) is 0 Å². The van der Waals surface area contributed by atoms with E-state index in [0.717, 1.165) is 18.5 Å². The van der Waals surface area contributed by atoms with Gasteiger partial charge in [-0.05, 0) is 12.8 Å². The molecule has 0 spiro atoms. The van der Waals surface area contributed by atoms with Crippen LogP contribution in [0.3, 0.4) is 0 Å². The second-order valence-corrected chi connectivity index (χ2v) is 4.07. The molecule has 4 nitrogen and oxygen atoms in total. The van der Waals surface area contributed by atoms with Gasteiger partial charge in [0.05, 0.1) is 5.69 Å². The fourth-order valence-electron chi connectivity index (χ4n) is 2.12. The fraction of sp³-hybridized carbons (Fsp3) is 0.636. The van der Waals surface area contributed by atoms with Gasteiger partial charge in [0.15, 0.2) is 0 Å². The molecule has 1 aromatic heterocycles. The molecule has 0 radical (unpaired) electrons. The molecule has 0 atom stereocenters. The molecule has 1 aliphatic carbocycles. The van der Waals surface area contributed by atoms with Crippen LogP contribution in [0.2, 0.25) is 0 Å². The standard InChI is InChI=1S/C11H15NO3/c13-11(14)6-10-12-9(7-15-10)8-4-2-1-3-5-8/h7-8H,1-6H2,(H,13,14). The van der Waals surface area contributed by atoms with Crippen molar-refractivity contribution in [1.29, 1.82) is 0 Å². The van der Waals surface area contributed by atoms with E-state index >= 15 is 0 Å². The molecule has 15 heavy (non-hydrogen) atoms. The van der Waals surface area contributed by atoms with E-state index in [4.69, 9.17) is 9.52 Å². The number of aliphatic carboxylic acids is 1. The number of oxazole rings is 1. The predicted octanol–water partition coefficient (Wildman–Crippen LogP) is 2.35. The molecule has 4 heteroatoms. The SMILES string of the molecule is O=C(O)Cc1nc(C2CCCCC2)co1. The van der Waals surface area contributed by atoms with Gasteiger partial charge in [-0.2, -0.15) is 0 Å². The van der Waals surface area contributed by atoms with Crippen molar-refractivity contribution in [1.82, 2.24) is 4.98 Å². The smallest absolute Gasteiger partial charge is 0.312 e. The summed E-state index contributed by atoms with van der Waals surface area (Å²) in [5, 5.41) is 8.59. The Hall–Kier alpha value is -1.32. The zero-order chi connectivity index (χ0) is 10.7. The molecule has 82 valence electrons. The first-order chi connectivity index (χ1) is 7.25. The van der Waals surface area contributed by atoms with Crippen LogP contribution in [-0.4, -0.2) is 16.1 Å². The van der Waals surface area contributed by atoms with Crippen LogP contribution in [0, 0.1) is 0 Å². The molecule has 0 unspecified atom stereocenters. The van der Waals surface area contributed by atoms with Crippen LogP contribution in [0.15, 0.2) is 10.7 Å². The zero-order valence-corrected chi connectivity index (χ0v) is 8.61. The van der Waals surface area contributed by atoms with Gasteiger partial charge < -0.3 is 9.52 Å². The number of nitrogens with zero attached hydrogens (tertiary/aromatic N) is 1. The van der Waals surface area contributed by atoms with Crippen LogP contribution in [0.25, 0.3) is 0 Å². The van der Waals surface area contributed by atoms with Crippen LogP contribution in [0.4, 0.5) is 0 Å². The topological polar surface area (TPSA) is 63.3 Å². The van der Waals surface area contributed by atoms with E-state index in [9.17, 15) is 4.79 Å². The molecule has 1 N–H and O–H groups in total. The molecule has 0 saturated heterocycles. The number of aromatic nitrogens is 1. The maximum atomic E-state index is 10.5. The lowest BCUT2D eigenvalue weighted by molar-refractivity contribution is -0.136. The van der Waals surface area contributed by atoms with Crippen LogP contribution in [-0.2, 0) is 11.2 Å². The normalized spacial score (nSPS) is 17.9. The molecular weight excluding hydrogens is 194 g/mol. The van der Waals surface area contributed by atoms with Gasteiger partial charge in [0.25, 0.3) is 0 Å². The first kappa shape index (κ1) is 10.2. The largest absolute Gasteiger partial charge is 0.481 e. The molecular formula is C11H15NO3. The molecule has 1 aromatic rings. The van der Waals surface area contributed by atoms with Gasteiger partial charge >= 0.3 is 5.97 Å². The van der Waals surface area contributed by atoms with Crippen LogP contribution >= 0.6 is 0 Å². The van der Waals surface area contributed by atoms with Crippen molar-refractivity contribution in [3.8, 4) is 0 Å². The van der Waals surface area contributed by atoms with Crippen LogP contribution in [0.5, 0.6) is 0 Å². The Bertz CT molecular complexity index is 339. The molecule has 1 aliphatic rings. The van der Waals surface area contributed by atoms with E-state index in [0.29, 0.717) is 11.8 Å². The lowest BCUT2D eigenvalue weighted by Gasteiger charge is -2.18. The summed E-state index contributed by atoms with van der Waals surface area (Å²) in [7, 11) is 0. The summed E-state index contributed by atoms with van der Waals surface area (Å²) in [4.78, 5) is 14.7. The van der Waals surface area contributed by atoms with Crippen molar-refractivity contribution in [3.05, 3.63) is 17.8 Å². The number of carboxylic acid groups (broad SMARTS) is 1. The summed E-state index contributed by atoms with van der Waals surface area (Å²) in [5.41, 5.74) is 0.936. The molecule has 1 heterocycles. The van der Waals surface area contributed by atoms with E-state index in [1.165, 1.54) is 19.3 Å². The quantitative estimate of drug-likeness (QED) is 0.829. The van der Waals surface area contributed by atoms with Crippen molar-refractivity contribution < 1.29 is 14.3 Å². The molecule has 0 amide bonds. The van der Waals surface area contributed by atoms with Crippen molar-refractivity contribution in [3.63, 3.8) is 0 Å². The second-order valence-electron chi connectivity index (χ2n) is 4.07. The molecule has 2 rings (SSSR count). The average molecular weight is 209 g/mol. The maximum absolute atomic E-state index is 10.5. The Kier molecular flexibility index (Phi) is 3.04. The van der Waals surface area contributed by atoms with E-state index in [2.05, 4.69) is 4.98 Å². The Balaban J connectivity index is 2.02. The predicted molar refractivity (Wildman–Crippen MR) is 53.7 cm³/mol. The third-order valence-corrected chi connectivity index (χ3v) is 2.90. The summed E-state index contributed by atoms with van der Waals surface area (Å²) in [6, 6.07) is 0. The van der Waals surface area contributed by atoms with E-state index in [1.54, 1.807) is 6.26 Å². The number of hydrogen-bond acceptors (Lipinski definition) is 3. The maximum Gasteiger partial charge on any atom is 0.312 e. The number of rotatable bonds is 3. The Morgan fingerprint density at radius 3 is 2.87 bits per heavy atom. The van der Waals surface area contributed by atoms with Gasteiger partial charge in [-0.25, -0.2) is 4.98 Å². The summed E-state index contributed by atoms with van der Waals surface area (Å²) < 4.78 is 5.14. The van der Waals surface area contributed by atoms with Crippen molar-refractivity contribution in [2.45, 2.75) is 44.4 Å². The summed E-state index contributed by atoms with van der Waals surface area (Å²) >= 11 is 0. The van der Waals surface area contributed by atoms with Crippen molar-refractivity contribution >= 4 is 5.97 Å².